The molecule has 12 nitrogen and oxygen atoms in total. The number of aliphatic hydroxyl groups is 4. The number of rotatable bonds is 7. The third-order valence-electron chi connectivity index (χ3n) is 18.6. The van der Waals surface area contributed by atoms with Gasteiger partial charge in [-0.15, -0.1) is 0 Å². The highest BCUT2D eigenvalue weighted by atomic mass is 33.1. The van der Waals surface area contributed by atoms with Crippen LogP contribution in [0, 0.1) is 17.8 Å². The number of phenols is 2. The molecule has 11 unspecified atom stereocenters. The van der Waals surface area contributed by atoms with Gasteiger partial charge < -0.3 is 45.4 Å². The van der Waals surface area contributed by atoms with E-state index in [0.29, 0.717) is 60.5 Å². The van der Waals surface area contributed by atoms with Crippen molar-refractivity contribution in [1.82, 2.24) is 5.32 Å². The molecular formula is C59H74N2O10S4. The standard InChI is InChI=1S/C59H74N2O10S4/c1-32(64)47-13-8-36-21-37(27-62)44-23-39-29-72-74-31-59-20-15-35(24-51(59)68)50(71-57(61-48(39)16-19-58(69)17-3-4-18-58)45-22-38(28-63)55(60-47)53(36)54(44)45)26-41(66)11-6-34-9-14-49(67)56(70-2)52(34)42-12-7-33-5-10-40(65)25-43(33)46(42)30-73-75-59/h5,7,9-10,12,14,22,25,35-37,39,44,47-48,50-51,57,60-63,65,67-69H,3-4,6,8,11,13,15-21,23-24,26-31H2,1-2H3. The van der Waals surface area contributed by atoms with Gasteiger partial charge in [-0.25, -0.2) is 0 Å². The van der Waals surface area contributed by atoms with E-state index in [1.165, 1.54) is 0 Å². The molecule has 16 heteroatoms. The summed E-state index contributed by atoms with van der Waals surface area (Å²) in [6, 6.07) is 14.6. The Labute approximate surface area is 456 Å². The first-order valence-electron chi connectivity index (χ1n) is 27.5. The van der Waals surface area contributed by atoms with Gasteiger partial charge in [-0.1, -0.05) is 80.3 Å². The molecule has 4 aromatic rings. The van der Waals surface area contributed by atoms with Gasteiger partial charge in [0, 0.05) is 59.6 Å². The Bertz CT molecular complexity index is 2790. The molecule has 8 N–H and O–H groups in total. The zero-order chi connectivity index (χ0) is 52.2. The summed E-state index contributed by atoms with van der Waals surface area (Å²) in [5.74, 6) is 2.40. The first kappa shape index (κ1) is 53.8. The summed E-state index contributed by atoms with van der Waals surface area (Å²) in [5.41, 5.74) is 7.32. The van der Waals surface area contributed by atoms with Crippen molar-refractivity contribution in [3.8, 4) is 28.4 Å². The lowest BCUT2D eigenvalue weighted by Crippen LogP contribution is -2.50. The number of hydrogen-bond donors (Lipinski definition) is 8. The highest BCUT2D eigenvalue weighted by Crippen LogP contribution is 2.58. The quantitative estimate of drug-likeness (QED) is 0.0813. The van der Waals surface area contributed by atoms with Gasteiger partial charge in [0.15, 0.2) is 17.3 Å². The Hall–Kier alpha value is -3.16. The molecule has 75 heavy (non-hydrogen) atoms. The summed E-state index contributed by atoms with van der Waals surface area (Å²) in [4.78, 5) is 28.2. The number of aliphatic hydroxyl groups excluding tert-OH is 3. The van der Waals surface area contributed by atoms with Gasteiger partial charge in [0.25, 0.3) is 0 Å². The minimum absolute atomic E-state index is 0.0103. The predicted molar refractivity (Wildman–Crippen MR) is 303 cm³/mol. The van der Waals surface area contributed by atoms with E-state index in [4.69, 9.17) is 9.47 Å². The van der Waals surface area contributed by atoms with E-state index in [1.54, 1.807) is 53.8 Å². The molecule has 2 saturated carbocycles. The number of aromatic hydroxyl groups is 2. The summed E-state index contributed by atoms with van der Waals surface area (Å²) in [5, 5.41) is 79.3. The molecule has 5 heterocycles. The van der Waals surface area contributed by atoms with Crippen LogP contribution in [0.25, 0.3) is 21.9 Å². The molecule has 4 aromatic carbocycles. The minimum atomic E-state index is -0.736. The average molecular weight is 1100 g/mol. The number of Topliss-reactive ketones (excluding diaryl/α,β-unsaturated/α-hetero) is 2. The second kappa shape index (κ2) is 22.5. The Morgan fingerprint density at radius 2 is 1.75 bits per heavy atom. The molecule has 11 atom stereocenters. The Balaban J connectivity index is 1.06. The normalized spacial score (nSPS) is 31.8. The molecule has 0 amide bonds. The van der Waals surface area contributed by atoms with Crippen molar-refractivity contribution in [3.05, 3.63) is 81.9 Å². The van der Waals surface area contributed by atoms with Crippen molar-refractivity contribution >= 4 is 71.2 Å². The number of anilines is 1. The smallest absolute Gasteiger partial charge is 0.168 e. The SMILES string of the molecule is COc1c(O)ccc2c1-c1ccc3ccc(O)cc3c1CSSC13CCC(CC1O)C(CC(=O)CC2)OC1NC(CCC2(O)CCCC2)C(CSSC3)CC2c3c1cc(CO)c1c3C(CCC(C(C)=O)N1)CC2CO. The van der Waals surface area contributed by atoms with Crippen LogP contribution in [0.1, 0.15) is 155 Å². The largest absolute Gasteiger partial charge is 0.508 e. The molecule has 0 spiro atoms. The van der Waals surface area contributed by atoms with E-state index in [1.807, 2.05) is 39.8 Å². The number of phenolic OH excluding ortho intramolecular Hbond substituents is 2. The molecule has 8 aliphatic rings. The average Bonchev–Trinajstić information content (AvgIpc) is 3.74. The van der Waals surface area contributed by atoms with E-state index in [2.05, 4.69) is 22.8 Å². The van der Waals surface area contributed by atoms with Gasteiger partial charge in [-0.05, 0) is 182 Å². The van der Waals surface area contributed by atoms with Gasteiger partial charge in [-0.3, -0.25) is 14.9 Å². The number of aryl methyl sites for hydroxylation is 1. The maximum absolute atomic E-state index is 15.0. The fourth-order valence-corrected chi connectivity index (χ4v) is 21.4. The summed E-state index contributed by atoms with van der Waals surface area (Å²) in [6.07, 6.45) is 8.42. The Kier molecular flexibility index (Phi) is 16.2. The predicted octanol–water partition coefficient (Wildman–Crippen LogP) is 11.0. The first-order chi connectivity index (χ1) is 36.3. The molecule has 5 aliphatic heterocycles. The van der Waals surface area contributed by atoms with E-state index in [9.17, 15) is 35.4 Å². The summed E-state index contributed by atoms with van der Waals surface area (Å²) >= 11 is 0. The fourth-order valence-electron chi connectivity index (χ4n) is 14.5. The second-order valence-electron chi connectivity index (χ2n) is 23.0. The van der Waals surface area contributed by atoms with Crippen LogP contribution >= 0.6 is 43.2 Å². The number of ether oxygens (including phenoxy) is 2. The zero-order valence-corrected chi connectivity index (χ0v) is 46.5. The molecule has 404 valence electrons. The summed E-state index contributed by atoms with van der Waals surface area (Å²) < 4.78 is 13.1. The molecule has 12 rings (SSSR count). The molecule has 0 radical (unpaired) electrons. The van der Waals surface area contributed by atoms with Gasteiger partial charge in [0.1, 0.15) is 17.8 Å². The molecular weight excluding hydrogens is 1020 g/mol. The van der Waals surface area contributed by atoms with Crippen LogP contribution in [0.4, 0.5) is 5.69 Å². The topological polar surface area (TPSA) is 198 Å². The number of ketones is 2. The molecule has 2 saturated heterocycles. The van der Waals surface area contributed by atoms with E-state index in [-0.39, 0.29) is 84.8 Å². The van der Waals surface area contributed by atoms with Gasteiger partial charge in [0.2, 0.25) is 0 Å². The van der Waals surface area contributed by atoms with Crippen LogP contribution < -0.4 is 15.4 Å². The number of carbonyl (C=O) groups is 2. The molecule has 5 bridgehead atoms. The van der Waals surface area contributed by atoms with E-state index >= 15 is 4.79 Å². The number of hydrogen-bond acceptors (Lipinski definition) is 16. The van der Waals surface area contributed by atoms with Crippen LogP contribution in [0.15, 0.2) is 48.5 Å². The van der Waals surface area contributed by atoms with Crippen molar-refractivity contribution in [1.29, 1.82) is 0 Å². The monoisotopic (exact) mass is 1100 g/mol. The van der Waals surface area contributed by atoms with E-state index in [0.717, 1.165) is 113 Å². The Morgan fingerprint density at radius 3 is 2.52 bits per heavy atom. The highest BCUT2D eigenvalue weighted by molar-refractivity contribution is 8.78. The van der Waals surface area contributed by atoms with Crippen molar-refractivity contribution in [2.75, 3.05) is 30.5 Å². The minimum Gasteiger partial charge on any atom is -0.508 e. The molecule has 0 aromatic heterocycles. The summed E-state index contributed by atoms with van der Waals surface area (Å²) in [7, 11) is 8.67. The lowest BCUT2D eigenvalue weighted by Gasteiger charge is -2.48. The van der Waals surface area contributed by atoms with Crippen LogP contribution in [0.2, 0.25) is 0 Å². The second-order valence-corrected chi connectivity index (χ2v) is 28.3. The number of methoxy groups -OCH3 is 1. The Morgan fingerprint density at radius 1 is 0.920 bits per heavy atom. The fraction of sp³-hybridized carbons (Fsp3) is 0.593. The number of fused-ring (bicyclic) bond motifs is 9. The lowest BCUT2D eigenvalue weighted by atomic mass is 9.63. The van der Waals surface area contributed by atoms with Crippen molar-refractivity contribution in [2.45, 2.75) is 175 Å². The molecule has 3 aliphatic carbocycles. The van der Waals surface area contributed by atoms with Gasteiger partial charge in [0.05, 0.1) is 42.3 Å². The first-order valence-corrected chi connectivity index (χ1v) is 32.3. The summed E-state index contributed by atoms with van der Waals surface area (Å²) in [6.45, 7) is 1.39. The van der Waals surface area contributed by atoms with Crippen molar-refractivity contribution in [2.24, 2.45) is 17.8 Å². The number of carbonyl (C=O) groups excluding carboxylic acids is 2. The lowest BCUT2D eigenvalue weighted by molar-refractivity contribution is -0.130. The highest BCUT2D eigenvalue weighted by Gasteiger charge is 2.50. The van der Waals surface area contributed by atoms with Gasteiger partial charge >= 0.3 is 0 Å². The third kappa shape index (κ3) is 10.6. The maximum atomic E-state index is 15.0. The van der Waals surface area contributed by atoms with Crippen LogP contribution in [-0.4, -0.2) is 102 Å². The number of nitrogens with one attached hydrogen (secondary N) is 2. The zero-order valence-electron chi connectivity index (χ0n) is 43.2. The van der Waals surface area contributed by atoms with Crippen molar-refractivity contribution < 1.29 is 49.7 Å². The van der Waals surface area contributed by atoms with Crippen LogP contribution in [0.3, 0.4) is 0 Å². The van der Waals surface area contributed by atoms with Crippen LogP contribution in [-0.2, 0) is 33.1 Å². The molecule has 4 fully saturated rings. The van der Waals surface area contributed by atoms with E-state index < -0.39 is 34.8 Å². The maximum Gasteiger partial charge on any atom is 0.168 e. The van der Waals surface area contributed by atoms with Crippen molar-refractivity contribution in [3.63, 3.8) is 0 Å². The van der Waals surface area contributed by atoms with Crippen LogP contribution in [0.5, 0.6) is 17.2 Å². The third-order valence-corrected chi connectivity index (χ3v) is 24.6. The number of benzene rings is 4. The van der Waals surface area contributed by atoms with Gasteiger partial charge in [-0.2, -0.15) is 0 Å².